The fourth-order valence-electron chi connectivity index (χ4n) is 2.31. The Balaban J connectivity index is 2.32. The molecular formula is C18H26O4. The largest absolute Gasteiger partial charge is 0.504 e. The van der Waals surface area contributed by atoms with Gasteiger partial charge in [0.1, 0.15) is 11.6 Å². The van der Waals surface area contributed by atoms with Crippen LogP contribution in [-0.4, -0.2) is 23.8 Å². The van der Waals surface area contributed by atoms with Gasteiger partial charge in [-0.1, -0.05) is 32.3 Å². The predicted molar refractivity (Wildman–Crippen MR) is 86.4 cm³/mol. The fourth-order valence-corrected chi connectivity index (χ4v) is 2.31. The van der Waals surface area contributed by atoms with Crippen LogP contribution in [0.5, 0.6) is 11.5 Å². The molecule has 122 valence electrons. The number of unbranched alkanes of at least 4 members (excludes halogenated alkanes) is 3. The quantitative estimate of drug-likeness (QED) is 0.498. The normalized spacial score (nSPS) is 10.5. The molecule has 1 rings (SSSR count). The molecule has 0 saturated heterocycles. The molecule has 1 N–H and O–H groups in total. The average Bonchev–Trinajstić information content (AvgIpc) is 2.50. The van der Waals surface area contributed by atoms with E-state index in [0.29, 0.717) is 25.0 Å². The van der Waals surface area contributed by atoms with Crippen LogP contribution >= 0.6 is 0 Å². The number of benzene rings is 1. The first-order valence-corrected chi connectivity index (χ1v) is 7.96. The molecule has 4 heteroatoms. The number of hydrogen-bond acceptors (Lipinski definition) is 4. The van der Waals surface area contributed by atoms with Gasteiger partial charge in [0.25, 0.3) is 0 Å². The highest BCUT2D eigenvalue weighted by Crippen LogP contribution is 2.26. The van der Waals surface area contributed by atoms with Gasteiger partial charge in [0.2, 0.25) is 0 Å². The van der Waals surface area contributed by atoms with Crippen LogP contribution in [0.4, 0.5) is 0 Å². The van der Waals surface area contributed by atoms with E-state index in [4.69, 9.17) is 4.74 Å². The summed E-state index contributed by atoms with van der Waals surface area (Å²) in [6.45, 7) is 2.13. The minimum absolute atomic E-state index is 0.0208. The fraction of sp³-hybridized carbons (Fsp3) is 0.556. The third kappa shape index (κ3) is 6.74. The molecule has 1 aromatic rings. The maximum absolute atomic E-state index is 11.8. The lowest BCUT2D eigenvalue weighted by molar-refractivity contribution is -0.127. The Kier molecular flexibility index (Phi) is 8.26. The van der Waals surface area contributed by atoms with Crippen molar-refractivity contribution in [1.82, 2.24) is 0 Å². The molecule has 0 fully saturated rings. The Labute approximate surface area is 132 Å². The SMILES string of the molecule is CCCCCCC(=O)CC(=O)CCc1ccc(O)c(OC)c1. The van der Waals surface area contributed by atoms with Crippen molar-refractivity contribution in [1.29, 1.82) is 0 Å². The van der Waals surface area contributed by atoms with Crippen LogP contribution in [0.15, 0.2) is 18.2 Å². The van der Waals surface area contributed by atoms with Crippen molar-refractivity contribution >= 4 is 11.6 Å². The summed E-state index contributed by atoms with van der Waals surface area (Å²) in [4.78, 5) is 23.5. The Morgan fingerprint density at radius 1 is 1.09 bits per heavy atom. The van der Waals surface area contributed by atoms with Gasteiger partial charge in [-0.05, 0) is 30.5 Å². The van der Waals surface area contributed by atoms with E-state index in [0.717, 1.165) is 31.2 Å². The Morgan fingerprint density at radius 2 is 1.82 bits per heavy atom. The third-order valence-electron chi connectivity index (χ3n) is 3.64. The number of ketones is 2. The number of carbonyl (C=O) groups excluding carboxylic acids is 2. The molecule has 0 saturated carbocycles. The first kappa shape index (κ1) is 18.2. The Hall–Kier alpha value is -1.84. The van der Waals surface area contributed by atoms with Crippen molar-refractivity contribution in [2.24, 2.45) is 0 Å². The zero-order chi connectivity index (χ0) is 16.4. The molecule has 0 aliphatic rings. The van der Waals surface area contributed by atoms with E-state index < -0.39 is 0 Å². The molecule has 22 heavy (non-hydrogen) atoms. The topological polar surface area (TPSA) is 63.6 Å². The molecule has 1 aromatic carbocycles. The van der Waals surface area contributed by atoms with Crippen molar-refractivity contribution < 1.29 is 19.4 Å². The first-order chi connectivity index (χ1) is 10.6. The van der Waals surface area contributed by atoms with Crippen molar-refractivity contribution in [3.05, 3.63) is 23.8 Å². The number of hydrogen-bond donors (Lipinski definition) is 1. The van der Waals surface area contributed by atoms with Gasteiger partial charge in [0.15, 0.2) is 11.5 Å². The monoisotopic (exact) mass is 306 g/mol. The second-order valence-electron chi connectivity index (χ2n) is 5.57. The van der Waals surface area contributed by atoms with Gasteiger partial charge in [-0.25, -0.2) is 0 Å². The van der Waals surface area contributed by atoms with E-state index in [-0.39, 0.29) is 23.7 Å². The summed E-state index contributed by atoms with van der Waals surface area (Å²) in [5.41, 5.74) is 0.915. The molecule has 0 aliphatic carbocycles. The maximum atomic E-state index is 11.8. The molecule has 0 aromatic heterocycles. The summed E-state index contributed by atoms with van der Waals surface area (Å²) in [6, 6.07) is 5.03. The summed E-state index contributed by atoms with van der Waals surface area (Å²) in [5, 5.41) is 9.52. The number of methoxy groups -OCH3 is 1. The maximum Gasteiger partial charge on any atom is 0.160 e. The molecule has 0 heterocycles. The highest BCUT2D eigenvalue weighted by Gasteiger charge is 2.10. The van der Waals surface area contributed by atoms with Crippen molar-refractivity contribution in [3.8, 4) is 11.5 Å². The van der Waals surface area contributed by atoms with Gasteiger partial charge in [-0.2, -0.15) is 0 Å². The number of aryl methyl sites for hydroxylation is 1. The van der Waals surface area contributed by atoms with Crippen molar-refractivity contribution in [3.63, 3.8) is 0 Å². The minimum Gasteiger partial charge on any atom is -0.504 e. The van der Waals surface area contributed by atoms with Crippen molar-refractivity contribution in [2.75, 3.05) is 7.11 Å². The van der Waals surface area contributed by atoms with Gasteiger partial charge >= 0.3 is 0 Å². The van der Waals surface area contributed by atoms with Gasteiger partial charge in [-0.3, -0.25) is 9.59 Å². The second-order valence-corrected chi connectivity index (χ2v) is 5.57. The molecule has 0 spiro atoms. The van der Waals surface area contributed by atoms with E-state index in [1.54, 1.807) is 18.2 Å². The number of Topliss-reactive ketones (excluding diaryl/α,β-unsaturated/α-hetero) is 2. The molecule has 4 nitrogen and oxygen atoms in total. The lowest BCUT2D eigenvalue weighted by Gasteiger charge is -2.06. The highest BCUT2D eigenvalue weighted by atomic mass is 16.5. The molecule has 0 bridgehead atoms. The van der Waals surface area contributed by atoms with E-state index in [2.05, 4.69) is 6.92 Å². The zero-order valence-electron chi connectivity index (χ0n) is 13.6. The van der Waals surface area contributed by atoms with Crippen LogP contribution in [0.1, 0.15) is 57.4 Å². The smallest absolute Gasteiger partial charge is 0.160 e. The van der Waals surface area contributed by atoms with Crippen LogP contribution in [0.2, 0.25) is 0 Å². The number of phenols is 1. The number of phenolic OH excluding ortho intramolecular Hbond substituents is 1. The van der Waals surface area contributed by atoms with Gasteiger partial charge < -0.3 is 9.84 Å². The number of rotatable bonds is 11. The summed E-state index contributed by atoms with van der Waals surface area (Å²) in [7, 11) is 1.49. The van der Waals surface area contributed by atoms with Crippen LogP contribution in [-0.2, 0) is 16.0 Å². The zero-order valence-corrected chi connectivity index (χ0v) is 13.6. The molecule has 0 atom stereocenters. The molecule has 0 aliphatic heterocycles. The van der Waals surface area contributed by atoms with Crippen LogP contribution < -0.4 is 4.74 Å². The van der Waals surface area contributed by atoms with E-state index in [1.165, 1.54) is 7.11 Å². The van der Waals surface area contributed by atoms with E-state index >= 15 is 0 Å². The van der Waals surface area contributed by atoms with Crippen LogP contribution in [0.3, 0.4) is 0 Å². The minimum atomic E-state index is -0.0208. The summed E-state index contributed by atoms with van der Waals surface area (Å²) >= 11 is 0. The molecule has 0 unspecified atom stereocenters. The summed E-state index contributed by atoms with van der Waals surface area (Å²) in [6.07, 6.45) is 5.68. The van der Waals surface area contributed by atoms with Gasteiger partial charge in [0, 0.05) is 12.8 Å². The van der Waals surface area contributed by atoms with Crippen molar-refractivity contribution in [2.45, 2.75) is 58.3 Å². The predicted octanol–water partition coefficient (Wildman–Crippen LogP) is 3.83. The average molecular weight is 306 g/mol. The summed E-state index contributed by atoms with van der Waals surface area (Å²) < 4.78 is 5.03. The lowest BCUT2D eigenvalue weighted by Crippen LogP contribution is -2.08. The Bertz CT molecular complexity index is 494. The van der Waals surface area contributed by atoms with Crippen LogP contribution in [0.25, 0.3) is 0 Å². The summed E-state index contributed by atoms with van der Waals surface area (Å²) in [5.74, 6) is 0.508. The molecular weight excluding hydrogens is 280 g/mol. The number of aromatic hydroxyl groups is 1. The van der Waals surface area contributed by atoms with E-state index in [9.17, 15) is 14.7 Å². The molecule has 0 amide bonds. The van der Waals surface area contributed by atoms with Gasteiger partial charge in [-0.15, -0.1) is 0 Å². The highest BCUT2D eigenvalue weighted by molar-refractivity contribution is 5.99. The van der Waals surface area contributed by atoms with Crippen LogP contribution in [0, 0.1) is 0 Å². The number of ether oxygens (including phenoxy) is 1. The Morgan fingerprint density at radius 3 is 2.50 bits per heavy atom. The molecule has 0 radical (unpaired) electrons. The van der Waals surface area contributed by atoms with Gasteiger partial charge in [0.05, 0.1) is 13.5 Å². The number of carbonyl (C=O) groups is 2. The third-order valence-corrected chi connectivity index (χ3v) is 3.64. The first-order valence-electron chi connectivity index (χ1n) is 7.96. The lowest BCUT2D eigenvalue weighted by atomic mass is 10.0. The standard InChI is InChI=1S/C18H26O4/c1-3-4-5-6-7-15(19)13-16(20)10-8-14-9-11-17(21)18(12-14)22-2/h9,11-12,21H,3-8,10,13H2,1-2H3. The van der Waals surface area contributed by atoms with E-state index in [1.807, 2.05) is 0 Å². The second kappa shape index (κ2) is 9.98.